The molecule has 3 aromatic carbocycles. The lowest BCUT2D eigenvalue weighted by Gasteiger charge is -2.28. The zero-order valence-corrected chi connectivity index (χ0v) is 16.7. The highest BCUT2D eigenvalue weighted by molar-refractivity contribution is 5.71. The van der Waals surface area contributed by atoms with Gasteiger partial charge in [0.25, 0.3) is 0 Å². The van der Waals surface area contributed by atoms with Crippen LogP contribution in [0.1, 0.15) is 42.4 Å². The second-order valence-electron chi connectivity index (χ2n) is 7.84. The number of benzene rings is 3. The number of aryl methyl sites for hydroxylation is 1. The Bertz CT molecular complexity index is 977. The summed E-state index contributed by atoms with van der Waals surface area (Å²) in [5.74, 6) is -0.138. The molecule has 0 amide bonds. The summed E-state index contributed by atoms with van der Waals surface area (Å²) in [6.45, 7) is 2.33. The molecule has 0 fully saturated rings. The van der Waals surface area contributed by atoms with Gasteiger partial charge in [0, 0.05) is 0 Å². The Morgan fingerprint density at radius 2 is 1.76 bits per heavy atom. The molecule has 0 saturated carbocycles. The van der Waals surface area contributed by atoms with Crippen LogP contribution in [0.15, 0.2) is 72.8 Å². The molecule has 3 nitrogen and oxygen atoms in total. The van der Waals surface area contributed by atoms with E-state index in [1.807, 2.05) is 31.2 Å². The van der Waals surface area contributed by atoms with E-state index in [4.69, 9.17) is 4.74 Å². The molecule has 0 bridgehead atoms. The molecule has 1 N–H and O–H groups in total. The average Bonchev–Trinajstić information content (AvgIpc) is 2.77. The molecule has 1 aliphatic carbocycles. The Balaban J connectivity index is 1.44. The van der Waals surface area contributed by atoms with Gasteiger partial charge in [0.15, 0.2) is 0 Å². The van der Waals surface area contributed by atoms with E-state index < -0.39 is 5.97 Å². The highest BCUT2D eigenvalue weighted by Gasteiger charge is 2.29. The maximum atomic E-state index is 11.4. The highest BCUT2D eigenvalue weighted by atomic mass is 16.5. The van der Waals surface area contributed by atoms with Gasteiger partial charge in [-0.25, -0.2) is 0 Å². The second-order valence-corrected chi connectivity index (χ2v) is 7.84. The zero-order chi connectivity index (χ0) is 20.2. The van der Waals surface area contributed by atoms with Crippen LogP contribution in [0.5, 0.6) is 5.75 Å². The van der Waals surface area contributed by atoms with Crippen molar-refractivity contribution in [3.63, 3.8) is 0 Å². The molecule has 0 spiro atoms. The molecule has 2 unspecified atom stereocenters. The summed E-state index contributed by atoms with van der Waals surface area (Å²) in [6.07, 6.45) is 2.95. The third-order valence-corrected chi connectivity index (χ3v) is 5.93. The summed E-state index contributed by atoms with van der Waals surface area (Å²) < 4.78 is 6.03. The molecule has 0 aromatic heterocycles. The van der Waals surface area contributed by atoms with Crippen molar-refractivity contribution in [2.24, 2.45) is 5.92 Å². The lowest BCUT2D eigenvalue weighted by atomic mass is 9.76. The molecule has 0 radical (unpaired) electrons. The first-order valence-corrected chi connectivity index (χ1v) is 10.2. The van der Waals surface area contributed by atoms with Crippen molar-refractivity contribution in [3.05, 3.63) is 89.5 Å². The van der Waals surface area contributed by atoms with Gasteiger partial charge in [-0.3, -0.25) is 4.79 Å². The predicted molar refractivity (Wildman–Crippen MR) is 115 cm³/mol. The SMILES string of the molecule is CC(C(=O)O)C1CCCc2cc(OCc3ccc(-c4ccccc4)cc3)ccc21. The summed E-state index contributed by atoms with van der Waals surface area (Å²) in [7, 11) is 0. The average molecular weight is 386 g/mol. The van der Waals surface area contributed by atoms with Crippen molar-refractivity contribution in [1.29, 1.82) is 0 Å². The topological polar surface area (TPSA) is 46.5 Å². The van der Waals surface area contributed by atoms with Gasteiger partial charge in [-0.05, 0) is 65.1 Å². The first kappa shape index (κ1) is 19.3. The first-order valence-electron chi connectivity index (χ1n) is 10.2. The van der Waals surface area contributed by atoms with Gasteiger partial charge >= 0.3 is 5.97 Å². The third-order valence-electron chi connectivity index (χ3n) is 5.93. The van der Waals surface area contributed by atoms with Crippen LogP contribution in [-0.2, 0) is 17.8 Å². The molecule has 0 saturated heterocycles. The van der Waals surface area contributed by atoms with Crippen LogP contribution in [0, 0.1) is 5.92 Å². The van der Waals surface area contributed by atoms with E-state index in [0.717, 1.165) is 30.6 Å². The molecule has 29 heavy (non-hydrogen) atoms. The summed E-state index contributed by atoms with van der Waals surface area (Å²) >= 11 is 0. The number of hydrogen-bond acceptors (Lipinski definition) is 2. The van der Waals surface area contributed by atoms with Crippen LogP contribution in [0.3, 0.4) is 0 Å². The molecule has 2 atom stereocenters. The summed E-state index contributed by atoms with van der Waals surface area (Å²) in [5.41, 5.74) is 5.93. The van der Waals surface area contributed by atoms with Crippen molar-refractivity contribution in [2.75, 3.05) is 0 Å². The fourth-order valence-electron chi connectivity index (χ4n) is 4.20. The lowest BCUT2D eigenvalue weighted by molar-refractivity contribution is -0.142. The monoisotopic (exact) mass is 386 g/mol. The number of hydrogen-bond donors (Lipinski definition) is 1. The minimum Gasteiger partial charge on any atom is -0.489 e. The molecular formula is C26H26O3. The van der Waals surface area contributed by atoms with Crippen molar-refractivity contribution in [3.8, 4) is 16.9 Å². The van der Waals surface area contributed by atoms with E-state index >= 15 is 0 Å². The molecule has 0 heterocycles. The van der Waals surface area contributed by atoms with E-state index in [1.165, 1.54) is 22.3 Å². The lowest BCUT2D eigenvalue weighted by Crippen LogP contribution is -2.22. The minimum absolute atomic E-state index is 0.0934. The summed E-state index contributed by atoms with van der Waals surface area (Å²) in [5, 5.41) is 9.39. The number of fused-ring (bicyclic) bond motifs is 1. The molecular weight excluding hydrogens is 360 g/mol. The van der Waals surface area contributed by atoms with Crippen LogP contribution in [0.25, 0.3) is 11.1 Å². The van der Waals surface area contributed by atoms with Crippen LogP contribution < -0.4 is 4.74 Å². The number of rotatable bonds is 6. The molecule has 4 rings (SSSR count). The van der Waals surface area contributed by atoms with Gasteiger partial charge in [0.05, 0.1) is 5.92 Å². The van der Waals surface area contributed by atoms with E-state index in [9.17, 15) is 9.90 Å². The number of ether oxygens (including phenoxy) is 1. The maximum Gasteiger partial charge on any atom is 0.306 e. The van der Waals surface area contributed by atoms with Crippen LogP contribution in [-0.4, -0.2) is 11.1 Å². The van der Waals surface area contributed by atoms with Gasteiger partial charge in [-0.2, -0.15) is 0 Å². The Kier molecular flexibility index (Phi) is 5.66. The normalized spacial score (nSPS) is 16.7. The molecule has 148 valence electrons. The zero-order valence-electron chi connectivity index (χ0n) is 16.7. The van der Waals surface area contributed by atoms with Gasteiger partial charge in [0.1, 0.15) is 12.4 Å². The Morgan fingerprint density at radius 1 is 1.03 bits per heavy atom. The van der Waals surface area contributed by atoms with Gasteiger partial charge < -0.3 is 9.84 Å². The highest BCUT2D eigenvalue weighted by Crippen LogP contribution is 2.38. The van der Waals surface area contributed by atoms with Crippen LogP contribution >= 0.6 is 0 Å². The van der Waals surface area contributed by atoms with Crippen molar-refractivity contribution in [1.82, 2.24) is 0 Å². The number of aliphatic carboxylic acids is 1. The van der Waals surface area contributed by atoms with Gasteiger partial charge in [-0.15, -0.1) is 0 Å². The Morgan fingerprint density at radius 3 is 2.48 bits per heavy atom. The van der Waals surface area contributed by atoms with Crippen LogP contribution in [0.4, 0.5) is 0 Å². The molecule has 0 aliphatic heterocycles. The van der Waals surface area contributed by atoms with Crippen LogP contribution in [0.2, 0.25) is 0 Å². The van der Waals surface area contributed by atoms with E-state index in [2.05, 4.69) is 48.5 Å². The smallest absolute Gasteiger partial charge is 0.306 e. The van der Waals surface area contributed by atoms with Crippen molar-refractivity contribution in [2.45, 2.75) is 38.7 Å². The summed E-state index contributed by atoms with van der Waals surface area (Å²) in [6, 6.07) is 24.9. The first-order chi connectivity index (χ1) is 14.1. The fraction of sp³-hybridized carbons (Fsp3) is 0.269. The van der Waals surface area contributed by atoms with Crippen molar-refractivity contribution < 1.29 is 14.6 Å². The largest absolute Gasteiger partial charge is 0.489 e. The van der Waals surface area contributed by atoms with Gasteiger partial charge in [-0.1, -0.05) is 67.6 Å². The number of carbonyl (C=O) groups is 1. The van der Waals surface area contributed by atoms with Gasteiger partial charge in [0.2, 0.25) is 0 Å². The van der Waals surface area contributed by atoms with E-state index in [1.54, 1.807) is 0 Å². The fourth-order valence-corrected chi connectivity index (χ4v) is 4.20. The second kappa shape index (κ2) is 8.52. The van der Waals surface area contributed by atoms with Crippen molar-refractivity contribution >= 4 is 5.97 Å². The quantitative estimate of drug-likeness (QED) is 0.559. The molecule has 3 heteroatoms. The van der Waals surface area contributed by atoms with E-state index in [-0.39, 0.29) is 11.8 Å². The summed E-state index contributed by atoms with van der Waals surface area (Å²) in [4.78, 5) is 11.4. The Hall–Kier alpha value is -3.07. The number of carboxylic acid groups (broad SMARTS) is 1. The Labute approximate surface area is 172 Å². The maximum absolute atomic E-state index is 11.4. The number of carboxylic acids is 1. The minimum atomic E-state index is -0.720. The molecule has 1 aliphatic rings. The standard InChI is InChI=1S/C26H26O3/c1-18(26(27)28)24-9-5-8-22-16-23(14-15-25(22)24)29-17-19-10-12-21(13-11-19)20-6-3-2-4-7-20/h2-4,6-7,10-16,18,24H,5,8-9,17H2,1H3,(H,27,28). The third kappa shape index (κ3) is 4.34. The van der Waals surface area contributed by atoms with E-state index in [0.29, 0.717) is 6.61 Å². The predicted octanol–water partition coefficient (Wildman–Crippen LogP) is 6.07. The molecule has 3 aromatic rings.